The quantitative estimate of drug-likeness (QED) is 0.618. The lowest BCUT2D eigenvalue weighted by molar-refractivity contribution is -0.134. The van der Waals surface area contributed by atoms with E-state index in [1.165, 1.54) is 0 Å². The Bertz CT molecular complexity index is 576. The molecule has 0 heterocycles. The third-order valence-corrected chi connectivity index (χ3v) is 2.76. The Hall–Kier alpha value is -2.29. The fourth-order valence-corrected chi connectivity index (χ4v) is 1.75. The Morgan fingerprint density at radius 2 is 1.58 bits per heavy atom. The van der Waals surface area contributed by atoms with E-state index in [2.05, 4.69) is 0 Å². The topological polar surface area (TPSA) is 35.5 Å². The van der Waals surface area contributed by atoms with E-state index in [-0.39, 0.29) is 5.97 Å². The molecule has 0 radical (unpaired) electrons. The van der Waals surface area contributed by atoms with Crippen molar-refractivity contribution >= 4 is 5.97 Å². The van der Waals surface area contributed by atoms with Gasteiger partial charge >= 0.3 is 5.97 Å². The number of hydrogen-bond donors (Lipinski definition) is 0. The minimum absolute atomic E-state index is 0.234. The van der Waals surface area contributed by atoms with Gasteiger partial charge in [-0.3, -0.25) is 4.79 Å². The number of esters is 1. The van der Waals surface area contributed by atoms with Crippen LogP contribution >= 0.6 is 0 Å². The number of ether oxygens (including phenoxy) is 2. The molecule has 0 unspecified atom stereocenters. The molecule has 2 aromatic rings. The molecule has 98 valence electrons. The van der Waals surface area contributed by atoms with E-state index in [0.717, 1.165) is 16.9 Å². The molecule has 0 aliphatic carbocycles. The van der Waals surface area contributed by atoms with E-state index in [1.807, 2.05) is 42.5 Å². The lowest BCUT2D eigenvalue weighted by Gasteiger charge is -2.07. The van der Waals surface area contributed by atoms with Crippen molar-refractivity contribution in [3.63, 3.8) is 0 Å². The van der Waals surface area contributed by atoms with Crippen molar-refractivity contribution in [1.29, 1.82) is 0 Å². The molecule has 3 heteroatoms. The molecule has 0 aromatic heterocycles. The zero-order valence-electron chi connectivity index (χ0n) is 11.1. The van der Waals surface area contributed by atoms with E-state index in [4.69, 9.17) is 9.47 Å². The normalized spacial score (nSPS) is 10.0. The predicted octanol–water partition coefficient (Wildman–Crippen LogP) is 3.68. The summed E-state index contributed by atoms with van der Waals surface area (Å²) in [7, 11) is 1.64. The first-order chi connectivity index (χ1) is 9.22. The van der Waals surface area contributed by atoms with Crippen LogP contribution in [0.25, 0.3) is 11.1 Å². The first-order valence-corrected chi connectivity index (χ1v) is 6.18. The molecule has 0 N–H and O–H groups in total. The Kier molecular flexibility index (Phi) is 4.18. The van der Waals surface area contributed by atoms with Gasteiger partial charge in [0.15, 0.2) is 0 Å². The van der Waals surface area contributed by atoms with Crippen molar-refractivity contribution in [2.24, 2.45) is 0 Å². The monoisotopic (exact) mass is 256 g/mol. The maximum absolute atomic E-state index is 11.3. The van der Waals surface area contributed by atoms with Gasteiger partial charge in [-0.15, -0.1) is 0 Å². The summed E-state index contributed by atoms with van der Waals surface area (Å²) in [4.78, 5) is 11.3. The summed E-state index contributed by atoms with van der Waals surface area (Å²) >= 11 is 0. The van der Waals surface area contributed by atoms with Crippen molar-refractivity contribution in [3.05, 3.63) is 48.5 Å². The Morgan fingerprint density at radius 3 is 2.16 bits per heavy atom. The number of carbonyl (C=O) groups excluding carboxylic acids is 1. The molecular weight excluding hydrogens is 240 g/mol. The van der Waals surface area contributed by atoms with E-state index in [1.54, 1.807) is 20.1 Å². The minimum Gasteiger partial charge on any atom is -0.497 e. The van der Waals surface area contributed by atoms with Gasteiger partial charge in [-0.25, -0.2) is 0 Å². The molecule has 0 aliphatic rings. The van der Waals surface area contributed by atoms with Crippen molar-refractivity contribution in [2.45, 2.75) is 13.3 Å². The van der Waals surface area contributed by atoms with Crippen LogP contribution in [0.4, 0.5) is 0 Å². The first-order valence-electron chi connectivity index (χ1n) is 6.18. The molecule has 3 nitrogen and oxygen atoms in total. The van der Waals surface area contributed by atoms with E-state index in [0.29, 0.717) is 12.2 Å². The highest BCUT2D eigenvalue weighted by Crippen LogP contribution is 2.26. The number of rotatable bonds is 4. The van der Waals surface area contributed by atoms with Gasteiger partial charge < -0.3 is 9.47 Å². The van der Waals surface area contributed by atoms with Crippen LogP contribution in [0.3, 0.4) is 0 Å². The number of carbonyl (C=O) groups is 1. The van der Waals surface area contributed by atoms with Crippen LogP contribution < -0.4 is 9.47 Å². The average Bonchev–Trinajstić information content (AvgIpc) is 2.47. The van der Waals surface area contributed by atoms with Crippen LogP contribution in [-0.4, -0.2) is 13.1 Å². The van der Waals surface area contributed by atoms with Crippen molar-refractivity contribution in [3.8, 4) is 22.6 Å². The smallest absolute Gasteiger partial charge is 0.310 e. The van der Waals surface area contributed by atoms with E-state index >= 15 is 0 Å². The molecule has 0 aliphatic heterocycles. The summed E-state index contributed by atoms with van der Waals surface area (Å²) in [6, 6.07) is 15.2. The first kappa shape index (κ1) is 13.1. The molecule has 0 saturated carbocycles. The van der Waals surface area contributed by atoms with Crippen molar-refractivity contribution in [2.75, 3.05) is 7.11 Å². The van der Waals surface area contributed by atoms with E-state index < -0.39 is 0 Å². The molecule has 0 spiro atoms. The van der Waals surface area contributed by atoms with Crippen LogP contribution in [-0.2, 0) is 4.79 Å². The second-order valence-corrected chi connectivity index (χ2v) is 4.09. The summed E-state index contributed by atoms with van der Waals surface area (Å²) in [5, 5.41) is 0. The highest BCUT2D eigenvalue weighted by Gasteiger charge is 2.04. The van der Waals surface area contributed by atoms with Crippen LogP contribution in [0.2, 0.25) is 0 Å². The van der Waals surface area contributed by atoms with Crippen LogP contribution in [0.1, 0.15) is 13.3 Å². The van der Waals surface area contributed by atoms with Crippen LogP contribution in [0, 0.1) is 0 Å². The summed E-state index contributed by atoms with van der Waals surface area (Å²) < 4.78 is 10.4. The van der Waals surface area contributed by atoms with Gasteiger partial charge in [0.2, 0.25) is 0 Å². The van der Waals surface area contributed by atoms with Gasteiger partial charge in [-0.1, -0.05) is 31.2 Å². The number of benzene rings is 2. The van der Waals surface area contributed by atoms with Gasteiger partial charge in [0, 0.05) is 6.42 Å². The molecule has 19 heavy (non-hydrogen) atoms. The SMILES string of the molecule is CCC(=O)Oc1cccc(-c2cccc(OC)c2)c1. The number of hydrogen-bond acceptors (Lipinski definition) is 3. The molecule has 0 amide bonds. The fourth-order valence-electron chi connectivity index (χ4n) is 1.75. The molecule has 0 atom stereocenters. The largest absolute Gasteiger partial charge is 0.497 e. The third-order valence-electron chi connectivity index (χ3n) is 2.76. The maximum Gasteiger partial charge on any atom is 0.310 e. The summed E-state index contributed by atoms with van der Waals surface area (Å²) in [6.07, 6.45) is 0.364. The second kappa shape index (κ2) is 6.05. The molecule has 2 rings (SSSR count). The van der Waals surface area contributed by atoms with Gasteiger partial charge in [-0.05, 0) is 35.4 Å². The lowest BCUT2D eigenvalue weighted by Crippen LogP contribution is -2.05. The van der Waals surface area contributed by atoms with Crippen molar-refractivity contribution < 1.29 is 14.3 Å². The van der Waals surface area contributed by atoms with Gasteiger partial charge in [0.05, 0.1) is 7.11 Å². The zero-order valence-corrected chi connectivity index (χ0v) is 11.1. The molecule has 0 bridgehead atoms. The molecule has 0 saturated heterocycles. The molecular formula is C16H16O3. The highest BCUT2D eigenvalue weighted by atomic mass is 16.5. The Morgan fingerprint density at radius 1 is 1.00 bits per heavy atom. The Labute approximate surface area is 112 Å². The standard InChI is InChI=1S/C16H16O3/c1-3-16(17)19-15-9-5-7-13(11-15)12-6-4-8-14(10-12)18-2/h4-11H,3H2,1-2H3. The van der Waals surface area contributed by atoms with Crippen molar-refractivity contribution in [1.82, 2.24) is 0 Å². The number of methoxy groups -OCH3 is 1. The van der Waals surface area contributed by atoms with E-state index in [9.17, 15) is 4.79 Å². The van der Waals surface area contributed by atoms with Crippen LogP contribution in [0.5, 0.6) is 11.5 Å². The highest BCUT2D eigenvalue weighted by molar-refractivity contribution is 5.73. The second-order valence-electron chi connectivity index (χ2n) is 4.09. The fraction of sp³-hybridized carbons (Fsp3) is 0.188. The maximum atomic E-state index is 11.3. The average molecular weight is 256 g/mol. The van der Waals surface area contributed by atoms with Crippen LogP contribution in [0.15, 0.2) is 48.5 Å². The molecule has 0 fully saturated rings. The predicted molar refractivity (Wildman–Crippen MR) is 74.4 cm³/mol. The van der Waals surface area contributed by atoms with Gasteiger partial charge in [0.25, 0.3) is 0 Å². The zero-order chi connectivity index (χ0) is 13.7. The Balaban J connectivity index is 2.29. The molecule has 2 aromatic carbocycles. The summed E-state index contributed by atoms with van der Waals surface area (Å²) in [6.45, 7) is 1.77. The summed E-state index contributed by atoms with van der Waals surface area (Å²) in [5.74, 6) is 1.13. The van der Waals surface area contributed by atoms with Gasteiger partial charge in [-0.2, -0.15) is 0 Å². The minimum atomic E-state index is -0.234. The van der Waals surface area contributed by atoms with Gasteiger partial charge in [0.1, 0.15) is 11.5 Å². The lowest BCUT2D eigenvalue weighted by atomic mass is 10.1. The summed E-state index contributed by atoms with van der Waals surface area (Å²) in [5.41, 5.74) is 2.01. The third kappa shape index (κ3) is 3.35.